The summed E-state index contributed by atoms with van der Waals surface area (Å²) in [4.78, 5) is 23.4. The molecule has 0 bridgehead atoms. The van der Waals surface area contributed by atoms with Gasteiger partial charge in [-0.25, -0.2) is 4.79 Å². The van der Waals surface area contributed by atoms with Gasteiger partial charge in [-0.15, -0.1) is 5.10 Å². The zero-order chi connectivity index (χ0) is 17.9. The van der Waals surface area contributed by atoms with Crippen LogP contribution in [0.15, 0.2) is 35.5 Å². The zero-order valence-corrected chi connectivity index (χ0v) is 14.7. The van der Waals surface area contributed by atoms with Crippen LogP contribution in [0.2, 0.25) is 0 Å². The first-order valence-electron chi connectivity index (χ1n) is 7.82. The Kier molecular flexibility index (Phi) is 7.86. The normalized spacial score (nSPS) is 10.4. The molecule has 10 heteroatoms. The molecule has 9 nitrogen and oxygen atoms in total. The molecule has 0 aliphatic rings. The summed E-state index contributed by atoms with van der Waals surface area (Å²) in [6, 6.07) is 8.82. The minimum Gasteiger partial charge on any atom is -0.382 e. The number of rotatable bonds is 9. The Balaban J connectivity index is 1.74. The first-order chi connectivity index (χ1) is 12.2. The highest BCUT2D eigenvalue weighted by Gasteiger charge is 2.13. The van der Waals surface area contributed by atoms with Crippen LogP contribution in [-0.4, -0.2) is 57.7 Å². The fraction of sp³-hybridized carbons (Fsp3) is 0.400. The molecule has 0 saturated heterocycles. The smallest absolute Gasteiger partial charge is 0.321 e. The molecule has 2 N–H and O–H groups in total. The number of nitrogens with zero attached hydrogens (tertiary/aromatic N) is 4. The van der Waals surface area contributed by atoms with E-state index < -0.39 is 11.9 Å². The molecule has 0 atom stereocenters. The van der Waals surface area contributed by atoms with Gasteiger partial charge in [-0.05, 0) is 35.9 Å². The number of carbonyl (C=O) groups is 2. The molecule has 0 saturated carbocycles. The number of tetrazole rings is 1. The topological polar surface area (TPSA) is 111 Å². The lowest BCUT2D eigenvalue weighted by Gasteiger charge is -2.07. The largest absolute Gasteiger partial charge is 0.382 e. The first-order valence-corrected chi connectivity index (χ1v) is 8.81. The number of para-hydroxylation sites is 1. The fourth-order valence-corrected chi connectivity index (χ4v) is 2.55. The van der Waals surface area contributed by atoms with Crippen molar-refractivity contribution in [3.05, 3.63) is 30.3 Å². The number of urea groups is 1. The van der Waals surface area contributed by atoms with E-state index in [2.05, 4.69) is 26.2 Å². The molecule has 2 rings (SSSR count). The maximum absolute atomic E-state index is 11.8. The molecule has 1 aromatic carbocycles. The Morgan fingerprint density at radius 1 is 1.28 bits per heavy atom. The highest BCUT2D eigenvalue weighted by molar-refractivity contribution is 7.99. The summed E-state index contributed by atoms with van der Waals surface area (Å²) < 4.78 is 6.69. The number of imide groups is 1. The van der Waals surface area contributed by atoms with Crippen molar-refractivity contribution in [2.45, 2.75) is 18.5 Å². The number of hydrogen-bond donors (Lipinski definition) is 2. The van der Waals surface area contributed by atoms with Gasteiger partial charge in [0.2, 0.25) is 11.1 Å². The van der Waals surface area contributed by atoms with E-state index in [0.29, 0.717) is 31.3 Å². The molecule has 3 amide bonds. The minimum absolute atomic E-state index is 0.0274. The summed E-state index contributed by atoms with van der Waals surface area (Å²) in [5.41, 5.74) is 0.794. The number of thioether (sulfide) groups is 1. The fourth-order valence-electron chi connectivity index (χ4n) is 1.86. The first kappa shape index (κ1) is 18.9. The van der Waals surface area contributed by atoms with Gasteiger partial charge in [0.05, 0.1) is 11.4 Å². The molecule has 0 spiro atoms. The monoisotopic (exact) mass is 364 g/mol. The van der Waals surface area contributed by atoms with Crippen LogP contribution in [0.25, 0.3) is 5.69 Å². The Hall–Kier alpha value is -2.46. The molecule has 0 fully saturated rings. The summed E-state index contributed by atoms with van der Waals surface area (Å²) in [5, 5.41) is 16.7. The summed E-state index contributed by atoms with van der Waals surface area (Å²) in [6.45, 7) is 3.57. The van der Waals surface area contributed by atoms with E-state index in [0.717, 1.165) is 17.4 Å². The predicted octanol–water partition coefficient (Wildman–Crippen LogP) is 1.01. The van der Waals surface area contributed by atoms with Gasteiger partial charge >= 0.3 is 6.03 Å². The average molecular weight is 364 g/mol. The molecule has 0 aliphatic heterocycles. The molecule has 134 valence electrons. The number of benzene rings is 1. The molecule has 25 heavy (non-hydrogen) atoms. The highest BCUT2D eigenvalue weighted by Crippen LogP contribution is 2.17. The van der Waals surface area contributed by atoms with Crippen molar-refractivity contribution in [3.8, 4) is 5.69 Å². The van der Waals surface area contributed by atoms with Crippen LogP contribution in [0, 0.1) is 0 Å². The number of nitrogens with one attached hydrogen (secondary N) is 2. The van der Waals surface area contributed by atoms with Crippen molar-refractivity contribution >= 4 is 23.7 Å². The third-order valence-corrected chi connectivity index (χ3v) is 3.90. The van der Waals surface area contributed by atoms with Crippen molar-refractivity contribution in [1.82, 2.24) is 30.8 Å². The van der Waals surface area contributed by atoms with E-state index in [9.17, 15) is 9.59 Å². The third kappa shape index (κ3) is 6.51. The average Bonchev–Trinajstić information content (AvgIpc) is 3.09. The third-order valence-electron chi connectivity index (χ3n) is 2.98. The number of amides is 3. The van der Waals surface area contributed by atoms with Crippen molar-refractivity contribution in [1.29, 1.82) is 0 Å². The van der Waals surface area contributed by atoms with E-state index in [-0.39, 0.29) is 5.75 Å². The van der Waals surface area contributed by atoms with Crippen LogP contribution in [0.3, 0.4) is 0 Å². The van der Waals surface area contributed by atoms with Gasteiger partial charge < -0.3 is 10.1 Å². The molecule has 0 aliphatic carbocycles. The van der Waals surface area contributed by atoms with E-state index >= 15 is 0 Å². The Morgan fingerprint density at radius 2 is 2.08 bits per heavy atom. The van der Waals surface area contributed by atoms with Crippen molar-refractivity contribution in [2.75, 3.05) is 25.5 Å². The van der Waals surface area contributed by atoms with Gasteiger partial charge in [-0.1, -0.05) is 30.0 Å². The van der Waals surface area contributed by atoms with Crippen LogP contribution in [0.1, 0.15) is 13.3 Å². The highest BCUT2D eigenvalue weighted by atomic mass is 32.2. The van der Waals surface area contributed by atoms with Gasteiger partial charge in [0, 0.05) is 19.8 Å². The SMILES string of the molecule is CCOCCCNC(=O)NC(=O)CSc1nnnn1-c1ccccc1. The van der Waals surface area contributed by atoms with Crippen LogP contribution in [-0.2, 0) is 9.53 Å². The number of ether oxygens (including phenoxy) is 1. The van der Waals surface area contributed by atoms with Crippen LogP contribution < -0.4 is 10.6 Å². The van der Waals surface area contributed by atoms with Crippen molar-refractivity contribution < 1.29 is 14.3 Å². The number of aromatic nitrogens is 4. The maximum Gasteiger partial charge on any atom is 0.321 e. The van der Waals surface area contributed by atoms with Gasteiger partial charge in [-0.3, -0.25) is 10.1 Å². The number of carbonyl (C=O) groups excluding carboxylic acids is 2. The van der Waals surface area contributed by atoms with Gasteiger partial charge in [-0.2, -0.15) is 4.68 Å². The molecule has 0 radical (unpaired) electrons. The summed E-state index contributed by atoms with van der Waals surface area (Å²) in [5.74, 6) is -0.394. The maximum atomic E-state index is 11.8. The van der Waals surface area contributed by atoms with Crippen molar-refractivity contribution in [2.24, 2.45) is 0 Å². The van der Waals surface area contributed by atoms with Gasteiger partial charge in [0.1, 0.15) is 0 Å². The predicted molar refractivity (Wildman–Crippen MR) is 92.5 cm³/mol. The Morgan fingerprint density at radius 3 is 2.84 bits per heavy atom. The second-order valence-corrected chi connectivity index (χ2v) is 5.79. The van der Waals surface area contributed by atoms with Crippen molar-refractivity contribution in [3.63, 3.8) is 0 Å². The zero-order valence-electron chi connectivity index (χ0n) is 13.8. The van der Waals surface area contributed by atoms with Crippen LogP contribution in [0.4, 0.5) is 4.79 Å². The number of hydrogen-bond acceptors (Lipinski definition) is 7. The molecule has 2 aromatic rings. The molecule has 1 aromatic heterocycles. The van der Waals surface area contributed by atoms with Crippen LogP contribution >= 0.6 is 11.8 Å². The Labute approximate surface area is 149 Å². The van der Waals surface area contributed by atoms with E-state index in [1.807, 2.05) is 37.3 Å². The lowest BCUT2D eigenvalue weighted by atomic mass is 10.3. The quantitative estimate of drug-likeness (QED) is 0.504. The van der Waals surface area contributed by atoms with Gasteiger partial charge in [0.15, 0.2) is 0 Å². The summed E-state index contributed by atoms with van der Waals surface area (Å²) in [6.07, 6.45) is 0.691. The van der Waals surface area contributed by atoms with Gasteiger partial charge in [0.25, 0.3) is 0 Å². The molecule has 1 heterocycles. The standard InChI is InChI=1S/C15H20N6O3S/c1-2-24-10-6-9-16-14(23)17-13(22)11-25-15-18-19-20-21(15)12-7-4-3-5-8-12/h3-5,7-8H,2,6,9-11H2,1H3,(H2,16,17,22,23). The van der Waals surface area contributed by atoms with E-state index in [1.54, 1.807) is 0 Å². The minimum atomic E-state index is -0.523. The second kappa shape index (κ2) is 10.4. The Bertz CT molecular complexity index is 679. The molecular formula is C15H20N6O3S. The molecule has 0 unspecified atom stereocenters. The summed E-state index contributed by atoms with van der Waals surface area (Å²) >= 11 is 1.15. The second-order valence-electron chi connectivity index (χ2n) is 4.85. The lowest BCUT2D eigenvalue weighted by Crippen LogP contribution is -2.40. The van der Waals surface area contributed by atoms with E-state index in [1.165, 1.54) is 4.68 Å². The summed E-state index contributed by atoms with van der Waals surface area (Å²) in [7, 11) is 0. The van der Waals surface area contributed by atoms with E-state index in [4.69, 9.17) is 4.74 Å². The van der Waals surface area contributed by atoms with Crippen LogP contribution in [0.5, 0.6) is 0 Å². The molecular weight excluding hydrogens is 344 g/mol. The lowest BCUT2D eigenvalue weighted by molar-refractivity contribution is -0.117.